The SMILES string of the molecule is O=C(ON1CCC(F)(F)CC1)c1ccccc1. The maximum absolute atomic E-state index is 12.9. The number of rotatable bonds is 2. The third-order valence-corrected chi connectivity index (χ3v) is 2.68. The zero-order chi connectivity index (χ0) is 12.3. The first kappa shape index (κ1) is 12.0. The van der Waals surface area contributed by atoms with Gasteiger partial charge in [0.15, 0.2) is 0 Å². The molecule has 0 bridgehead atoms. The topological polar surface area (TPSA) is 29.5 Å². The highest BCUT2D eigenvalue weighted by Gasteiger charge is 2.35. The molecular formula is C12H13F2NO2. The van der Waals surface area contributed by atoms with Crippen LogP contribution in [0.4, 0.5) is 8.78 Å². The summed E-state index contributed by atoms with van der Waals surface area (Å²) >= 11 is 0. The summed E-state index contributed by atoms with van der Waals surface area (Å²) < 4.78 is 25.7. The zero-order valence-electron chi connectivity index (χ0n) is 9.23. The monoisotopic (exact) mass is 241 g/mol. The third kappa shape index (κ3) is 3.23. The van der Waals surface area contributed by atoms with Crippen molar-refractivity contribution in [3.8, 4) is 0 Å². The number of hydrogen-bond acceptors (Lipinski definition) is 3. The van der Waals surface area contributed by atoms with Crippen LogP contribution in [0.1, 0.15) is 23.2 Å². The van der Waals surface area contributed by atoms with E-state index in [1.807, 2.05) is 0 Å². The van der Waals surface area contributed by atoms with Crippen molar-refractivity contribution in [3.63, 3.8) is 0 Å². The molecule has 1 aliphatic heterocycles. The molecule has 1 fully saturated rings. The minimum absolute atomic E-state index is 0.0750. The molecule has 17 heavy (non-hydrogen) atoms. The molecule has 0 spiro atoms. The maximum atomic E-state index is 12.9. The van der Waals surface area contributed by atoms with Crippen LogP contribution in [-0.4, -0.2) is 30.0 Å². The Hall–Kier alpha value is -1.49. The van der Waals surface area contributed by atoms with E-state index in [0.717, 1.165) is 0 Å². The van der Waals surface area contributed by atoms with Crippen LogP contribution in [0.2, 0.25) is 0 Å². The van der Waals surface area contributed by atoms with Crippen LogP contribution < -0.4 is 0 Å². The Morgan fingerprint density at radius 3 is 2.35 bits per heavy atom. The van der Waals surface area contributed by atoms with Gasteiger partial charge in [0.2, 0.25) is 0 Å². The van der Waals surface area contributed by atoms with Gasteiger partial charge in [-0.25, -0.2) is 13.6 Å². The Bertz CT molecular complexity index is 385. The zero-order valence-corrected chi connectivity index (χ0v) is 9.23. The summed E-state index contributed by atoms with van der Waals surface area (Å²) in [6.07, 6.45) is -0.538. The van der Waals surface area contributed by atoms with Gasteiger partial charge in [-0.15, -0.1) is 5.06 Å². The van der Waals surface area contributed by atoms with Crippen LogP contribution in [0, 0.1) is 0 Å². The highest BCUT2D eigenvalue weighted by molar-refractivity contribution is 5.89. The van der Waals surface area contributed by atoms with Crippen molar-refractivity contribution in [1.82, 2.24) is 5.06 Å². The maximum Gasteiger partial charge on any atom is 0.357 e. The Labute approximate surface area is 97.9 Å². The summed E-state index contributed by atoms with van der Waals surface area (Å²) in [6.45, 7) is 0.150. The smallest absolute Gasteiger partial charge is 0.357 e. The molecular weight excluding hydrogens is 228 g/mol. The van der Waals surface area contributed by atoms with Gasteiger partial charge in [-0.05, 0) is 12.1 Å². The molecule has 0 unspecified atom stereocenters. The van der Waals surface area contributed by atoms with Gasteiger partial charge >= 0.3 is 5.97 Å². The molecule has 5 heteroatoms. The number of carbonyl (C=O) groups is 1. The lowest BCUT2D eigenvalue weighted by molar-refractivity contribution is -0.164. The van der Waals surface area contributed by atoms with Gasteiger partial charge in [-0.3, -0.25) is 0 Å². The summed E-state index contributed by atoms with van der Waals surface area (Å²) in [5.41, 5.74) is 0.421. The Morgan fingerprint density at radius 2 is 1.76 bits per heavy atom. The molecule has 1 saturated heterocycles. The molecule has 1 aliphatic rings. The summed E-state index contributed by atoms with van der Waals surface area (Å²) in [7, 11) is 0. The highest BCUT2D eigenvalue weighted by Crippen LogP contribution is 2.27. The lowest BCUT2D eigenvalue weighted by Gasteiger charge is -2.30. The number of alkyl halides is 2. The van der Waals surface area contributed by atoms with Crippen LogP contribution in [0.25, 0.3) is 0 Å². The first-order valence-corrected chi connectivity index (χ1v) is 5.47. The number of hydroxylamine groups is 2. The van der Waals surface area contributed by atoms with Gasteiger partial charge < -0.3 is 4.84 Å². The molecule has 0 aliphatic carbocycles. The molecule has 2 rings (SSSR count). The van der Waals surface area contributed by atoms with E-state index in [2.05, 4.69) is 0 Å². The fraction of sp³-hybridized carbons (Fsp3) is 0.417. The van der Waals surface area contributed by atoms with Crippen LogP contribution in [0.5, 0.6) is 0 Å². The first-order chi connectivity index (χ1) is 8.07. The molecule has 0 amide bonds. The highest BCUT2D eigenvalue weighted by atomic mass is 19.3. The molecule has 1 aromatic carbocycles. The molecule has 0 aromatic heterocycles. The summed E-state index contributed by atoms with van der Waals surface area (Å²) in [4.78, 5) is 16.7. The minimum atomic E-state index is -2.63. The Morgan fingerprint density at radius 1 is 1.18 bits per heavy atom. The van der Waals surface area contributed by atoms with Gasteiger partial charge in [0.25, 0.3) is 5.92 Å². The number of carbonyl (C=O) groups excluding carboxylic acids is 1. The Kier molecular flexibility index (Phi) is 3.38. The van der Waals surface area contributed by atoms with Gasteiger partial charge in [0.05, 0.1) is 5.56 Å². The van der Waals surface area contributed by atoms with E-state index in [4.69, 9.17) is 4.84 Å². The first-order valence-electron chi connectivity index (χ1n) is 5.47. The predicted molar refractivity (Wildman–Crippen MR) is 57.6 cm³/mol. The van der Waals surface area contributed by atoms with Gasteiger partial charge in [0, 0.05) is 25.9 Å². The van der Waals surface area contributed by atoms with Crippen molar-refractivity contribution in [2.75, 3.05) is 13.1 Å². The molecule has 0 radical (unpaired) electrons. The average Bonchev–Trinajstić information content (AvgIpc) is 2.33. The van der Waals surface area contributed by atoms with Gasteiger partial charge in [-0.1, -0.05) is 18.2 Å². The molecule has 92 valence electrons. The number of piperidine rings is 1. The van der Waals surface area contributed by atoms with Gasteiger partial charge in [0.1, 0.15) is 0 Å². The van der Waals surface area contributed by atoms with E-state index < -0.39 is 11.9 Å². The van der Waals surface area contributed by atoms with Crippen LogP contribution >= 0.6 is 0 Å². The molecule has 0 N–H and O–H groups in total. The Balaban J connectivity index is 1.89. The number of benzene rings is 1. The largest absolute Gasteiger partial charge is 0.364 e. The van der Waals surface area contributed by atoms with Crippen molar-refractivity contribution in [2.45, 2.75) is 18.8 Å². The summed E-state index contributed by atoms with van der Waals surface area (Å²) in [6, 6.07) is 8.49. The van der Waals surface area contributed by atoms with Crippen LogP contribution in [0.3, 0.4) is 0 Å². The quantitative estimate of drug-likeness (QED) is 0.796. The summed E-state index contributed by atoms with van der Waals surface area (Å²) in [5.74, 6) is -3.13. The van der Waals surface area contributed by atoms with Crippen LogP contribution in [-0.2, 0) is 4.84 Å². The summed E-state index contributed by atoms with van der Waals surface area (Å²) in [5, 5.41) is 1.30. The van der Waals surface area contributed by atoms with E-state index in [1.165, 1.54) is 5.06 Å². The van der Waals surface area contributed by atoms with Crippen molar-refractivity contribution in [2.24, 2.45) is 0 Å². The van der Waals surface area contributed by atoms with Gasteiger partial charge in [-0.2, -0.15) is 0 Å². The number of halogens is 2. The average molecular weight is 241 g/mol. The second-order valence-electron chi connectivity index (χ2n) is 4.03. The predicted octanol–water partition coefficient (Wildman–Crippen LogP) is 2.49. The van der Waals surface area contributed by atoms with E-state index in [1.54, 1.807) is 30.3 Å². The van der Waals surface area contributed by atoms with E-state index in [-0.39, 0.29) is 25.9 Å². The third-order valence-electron chi connectivity index (χ3n) is 2.68. The molecule has 1 heterocycles. The van der Waals surface area contributed by atoms with E-state index in [0.29, 0.717) is 5.56 Å². The van der Waals surface area contributed by atoms with Crippen molar-refractivity contribution in [3.05, 3.63) is 35.9 Å². The second-order valence-corrected chi connectivity index (χ2v) is 4.03. The fourth-order valence-corrected chi connectivity index (χ4v) is 1.65. The van der Waals surface area contributed by atoms with Crippen molar-refractivity contribution >= 4 is 5.97 Å². The molecule has 0 atom stereocenters. The van der Waals surface area contributed by atoms with E-state index in [9.17, 15) is 13.6 Å². The fourth-order valence-electron chi connectivity index (χ4n) is 1.65. The molecule has 0 saturated carbocycles. The van der Waals surface area contributed by atoms with Crippen molar-refractivity contribution < 1.29 is 18.4 Å². The normalized spacial score (nSPS) is 19.9. The second kappa shape index (κ2) is 4.79. The standard InChI is InChI=1S/C12H13F2NO2/c13-12(14)6-8-15(9-7-12)17-11(16)10-4-2-1-3-5-10/h1-5H,6-9H2. The lowest BCUT2D eigenvalue weighted by Crippen LogP contribution is -2.40. The minimum Gasteiger partial charge on any atom is -0.364 e. The lowest BCUT2D eigenvalue weighted by atomic mass is 10.1. The van der Waals surface area contributed by atoms with Crippen molar-refractivity contribution in [1.29, 1.82) is 0 Å². The number of nitrogens with zero attached hydrogens (tertiary/aromatic N) is 1. The molecule has 3 nitrogen and oxygen atoms in total. The molecule has 1 aromatic rings. The van der Waals surface area contributed by atoms with Crippen LogP contribution in [0.15, 0.2) is 30.3 Å². The number of hydrogen-bond donors (Lipinski definition) is 0. The van der Waals surface area contributed by atoms with E-state index >= 15 is 0 Å².